The lowest BCUT2D eigenvalue weighted by Gasteiger charge is -2.36. The van der Waals surface area contributed by atoms with Gasteiger partial charge in [0.25, 0.3) is 0 Å². The van der Waals surface area contributed by atoms with E-state index in [1.165, 1.54) is 16.7 Å². The van der Waals surface area contributed by atoms with Gasteiger partial charge in [0, 0.05) is 38.6 Å². The summed E-state index contributed by atoms with van der Waals surface area (Å²) in [6, 6.07) is 7.59. The molecule has 1 unspecified atom stereocenters. The first kappa shape index (κ1) is 21.3. The molecule has 0 bridgehead atoms. The van der Waals surface area contributed by atoms with Crippen LogP contribution in [0.1, 0.15) is 63.2 Å². The Kier molecular flexibility index (Phi) is 7.26. The van der Waals surface area contributed by atoms with Crippen LogP contribution in [0.5, 0.6) is 0 Å². The lowest BCUT2D eigenvalue weighted by molar-refractivity contribution is 0.139. The first-order valence-electron chi connectivity index (χ1n) is 10.8. The molecule has 29 heavy (non-hydrogen) atoms. The number of rotatable bonds is 7. The summed E-state index contributed by atoms with van der Waals surface area (Å²) in [6.45, 7) is 10.9. The van der Waals surface area contributed by atoms with Gasteiger partial charge in [0.15, 0.2) is 0 Å². The Labute approximate surface area is 175 Å². The van der Waals surface area contributed by atoms with Gasteiger partial charge in [-0.25, -0.2) is 0 Å². The van der Waals surface area contributed by atoms with Crippen LogP contribution in [0.15, 0.2) is 47.2 Å². The van der Waals surface area contributed by atoms with E-state index in [-0.39, 0.29) is 0 Å². The standard InChI is InChI=1S/C24H35N5/c1-6-18(2)9-12-26-24-15-21(8-7-19(24)3)20(4)28-13-10-23(11-14-28)29-17-22(25-5)16-27-29/h7-9,12,15-17,20,23,25H,6,10-11,13-14H2,1-5H3/b18-9-,26-12?. The second-order valence-electron chi connectivity index (χ2n) is 8.09. The van der Waals surface area contributed by atoms with E-state index >= 15 is 0 Å². The minimum absolute atomic E-state index is 0.393. The van der Waals surface area contributed by atoms with Crippen molar-refractivity contribution in [3.05, 3.63) is 53.4 Å². The predicted octanol–water partition coefficient (Wildman–Crippen LogP) is 5.69. The maximum Gasteiger partial charge on any atom is 0.0724 e. The van der Waals surface area contributed by atoms with Crippen LogP contribution in [-0.4, -0.2) is 41.0 Å². The molecule has 5 heteroatoms. The number of aliphatic imine (C=N–C) groups is 1. The van der Waals surface area contributed by atoms with Gasteiger partial charge >= 0.3 is 0 Å². The zero-order chi connectivity index (χ0) is 20.8. The Morgan fingerprint density at radius 1 is 1.34 bits per heavy atom. The molecule has 1 aromatic carbocycles. The number of nitrogens with one attached hydrogen (secondary N) is 1. The summed E-state index contributed by atoms with van der Waals surface area (Å²) in [6.07, 6.45) is 11.4. The topological polar surface area (TPSA) is 45.5 Å². The molecule has 0 spiro atoms. The number of nitrogens with zero attached hydrogens (tertiary/aromatic N) is 4. The normalized spacial score (nSPS) is 17.8. The highest BCUT2D eigenvalue weighted by Crippen LogP contribution is 2.31. The average Bonchev–Trinajstić information content (AvgIpc) is 3.24. The van der Waals surface area contributed by atoms with Crippen molar-refractivity contribution in [3.63, 3.8) is 0 Å². The molecular weight excluding hydrogens is 358 g/mol. The molecule has 1 fully saturated rings. The highest BCUT2D eigenvalue weighted by atomic mass is 15.3. The van der Waals surface area contributed by atoms with Gasteiger partial charge in [0.2, 0.25) is 0 Å². The third-order valence-electron chi connectivity index (χ3n) is 6.16. The van der Waals surface area contributed by atoms with E-state index in [1.807, 2.05) is 19.5 Å². The summed E-state index contributed by atoms with van der Waals surface area (Å²) in [5.74, 6) is 0. The summed E-state index contributed by atoms with van der Waals surface area (Å²) in [4.78, 5) is 7.29. The van der Waals surface area contributed by atoms with Crippen molar-refractivity contribution in [3.8, 4) is 0 Å². The molecule has 5 nitrogen and oxygen atoms in total. The second-order valence-corrected chi connectivity index (χ2v) is 8.09. The molecule has 1 N–H and O–H groups in total. The van der Waals surface area contributed by atoms with E-state index in [0.717, 1.165) is 43.7 Å². The fraction of sp³-hybridized carbons (Fsp3) is 0.500. The fourth-order valence-electron chi connectivity index (χ4n) is 3.80. The molecule has 2 heterocycles. The van der Waals surface area contributed by atoms with Crippen LogP contribution < -0.4 is 5.32 Å². The van der Waals surface area contributed by atoms with Crippen molar-refractivity contribution in [2.24, 2.45) is 4.99 Å². The van der Waals surface area contributed by atoms with Crippen LogP contribution in [0.25, 0.3) is 0 Å². The van der Waals surface area contributed by atoms with Crippen LogP contribution in [0, 0.1) is 6.92 Å². The summed E-state index contributed by atoms with van der Waals surface area (Å²) in [5, 5.41) is 7.68. The molecular formula is C24H35N5. The molecule has 1 atom stereocenters. The number of piperidine rings is 1. The number of hydrogen-bond acceptors (Lipinski definition) is 4. The summed E-state index contributed by atoms with van der Waals surface area (Å²) in [7, 11) is 1.94. The third kappa shape index (κ3) is 5.36. The minimum Gasteiger partial charge on any atom is -0.386 e. The number of likely N-dealkylation sites (tertiary alicyclic amines) is 1. The monoisotopic (exact) mass is 393 g/mol. The molecule has 1 aliphatic heterocycles. The molecule has 1 aliphatic rings. The quantitative estimate of drug-likeness (QED) is 0.615. The van der Waals surface area contributed by atoms with Crippen LogP contribution in [0.2, 0.25) is 0 Å². The Morgan fingerprint density at radius 2 is 2.10 bits per heavy atom. The number of anilines is 1. The first-order chi connectivity index (χ1) is 14.0. The molecule has 3 rings (SSSR count). The number of benzene rings is 1. The lowest BCUT2D eigenvalue weighted by atomic mass is 9.99. The molecule has 0 radical (unpaired) electrons. The highest BCUT2D eigenvalue weighted by Gasteiger charge is 2.25. The molecule has 156 valence electrons. The number of allylic oxidation sites excluding steroid dienone is 2. The van der Waals surface area contributed by atoms with Crippen molar-refractivity contribution in [2.45, 2.75) is 59.0 Å². The Morgan fingerprint density at radius 3 is 2.76 bits per heavy atom. The molecule has 0 aliphatic carbocycles. The van der Waals surface area contributed by atoms with E-state index in [0.29, 0.717) is 12.1 Å². The summed E-state index contributed by atoms with van der Waals surface area (Å²) < 4.78 is 2.12. The minimum atomic E-state index is 0.393. The third-order valence-corrected chi connectivity index (χ3v) is 6.16. The number of aryl methyl sites for hydroxylation is 1. The van der Waals surface area contributed by atoms with Gasteiger partial charge in [0.1, 0.15) is 0 Å². The maximum absolute atomic E-state index is 4.71. The molecule has 2 aromatic rings. The molecule has 1 aromatic heterocycles. The Hall–Kier alpha value is -2.40. The number of aromatic nitrogens is 2. The summed E-state index contributed by atoms with van der Waals surface area (Å²) in [5.41, 5.74) is 6.06. The van der Waals surface area contributed by atoms with Crippen molar-refractivity contribution < 1.29 is 0 Å². The van der Waals surface area contributed by atoms with Crippen molar-refractivity contribution in [2.75, 3.05) is 25.5 Å². The first-order valence-corrected chi connectivity index (χ1v) is 10.8. The predicted molar refractivity (Wildman–Crippen MR) is 123 cm³/mol. The van der Waals surface area contributed by atoms with Gasteiger partial charge < -0.3 is 5.32 Å². The van der Waals surface area contributed by atoms with Crippen LogP contribution in [0.4, 0.5) is 11.4 Å². The van der Waals surface area contributed by atoms with Gasteiger partial charge in [-0.05, 0) is 63.3 Å². The van der Waals surface area contributed by atoms with Gasteiger partial charge in [-0.2, -0.15) is 5.10 Å². The molecule has 0 amide bonds. The van der Waals surface area contributed by atoms with E-state index < -0.39 is 0 Å². The fourth-order valence-corrected chi connectivity index (χ4v) is 3.80. The van der Waals surface area contributed by atoms with Crippen molar-refractivity contribution >= 4 is 17.6 Å². The number of hydrogen-bond donors (Lipinski definition) is 1. The van der Waals surface area contributed by atoms with E-state index in [9.17, 15) is 0 Å². The van der Waals surface area contributed by atoms with Crippen LogP contribution >= 0.6 is 0 Å². The average molecular weight is 394 g/mol. The van der Waals surface area contributed by atoms with E-state index in [1.54, 1.807) is 0 Å². The smallest absolute Gasteiger partial charge is 0.0724 e. The zero-order valence-electron chi connectivity index (χ0n) is 18.5. The van der Waals surface area contributed by atoms with Crippen molar-refractivity contribution in [1.29, 1.82) is 0 Å². The van der Waals surface area contributed by atoms with Gasteiger partial charge in [0.05, 0.1) is 23.6 Å². The van der Waals surface area contributed by atoms with E-state index in [4.69, 9.17) is 4.99 Å². The lowest BCUT2D eigenvalue weighted by Crippen LogP contribution is -2.36. The van der Waals surface area contributed by atoms with E-state index in [2.05, 4.69) is 78.2 Å². The zero-order valence-corrected chi connectivity index (χ0v) is 18.5. The Balaban J connectivity index is 1.64. The van der Waals surface area contributed by atoms with Gasteiger partial charge in [-0.1, -0.05) is 24.6 Å². The van der Waals surface area contributed by atoms with Gasteiger partial charge in [-0.3, -0.25) is 14.6 Å². The second kappa shape index (κ2) is 9.88. The Bertz CT molecular complexity index is 856. The van der Waals surface area contributed by atoms with Crippen LogP contribution in [0.3, 0.4) is 0 Å². The molecule has 1 saturated heterocycles. The van der Waals surface area contributed by atoms with Gasteiger partial charge in [-0.15, -0.1) is 0 Å². The largest absolute Gasteiger partial charge is 0.386 e. The maximum atomic E-state index is 4.71. The van der Waals surface area contributed by atoms with Crippen LogP contribution in [-0.2, 0) is 0 Å². The highest BCUT2D eigenvalue weighted by molar-refractivity contribution is 5.76. The molecule has 0 saturated carbocycles. The van der Waals surface area contributed by atoms with Crippen molar-refractivity contribution in [1.82, 2.24) is 14.7 Å². The summed E-state index contributed by atoms with van der Waals surface area (Å²) >= 11 is 0. The SMILES string of the molecule is CC/C(C)=C\C=Nc1cc(C(C)N2CCC(n3cc(NC)cn3)CC2)ccc1C.